The predicted molar refractivity (Wildman–Crippen MR) is 123 cm³/mol. The van der Waals surface area contributed by atoms with Crippen molar-refractivity contribution in [3.8, 4) is 5.75 Å². The standard InChI is InChI=1S/C20H26N6O.HI/c1-4-21-20(25(2)15-16-9-5-6-10-17(16)27-3)22-13-12-19-24-23-18-11-7-8-14-26(18)19;/h5-11,14H,4,12-13,15H2,1-3H3,(H,21,22);1H. The average Bonchev–Trinajstić information content (AvgIpc) is 3.11. The van der Waals surface area contributed by atoms with Gasteiger partial charge in [0.15, 0.2) is 11.6 Å². The molecule has 1 N–H and O–H groups in total. The van der Waals surface area contributed by atoms with Gasteiger partial charge in [-0.15, -0.1) is 34.2 Å². The van der Waals surface area contributed by atoms with Crippen molar-refractivity contribution < 1.29 is 4.74 Å². The van der Waals surface area contributed by atoms with Crippen molar-refractivity contribution in [2.24, 2.45) is 4.99 Å². The highest BCUT2D eigenvalue weighted by molar-refractivity contribution is 14.0. The Hall–Kier alpha value is -2.36. The number of aliphatic imine (C=N–C) groups is 1. The van der Waals surface area contributed by atoms with Gasteiger partial charge in [-0.2, -0.15) is 0 Å². The van der Waals surface area contributed by atoms with E-state index < -0.39 is 0 Å². The second kappa shape index (κ2) is 10.8. The fourth-order valence-corrected chi connectivity index (χ4v) is 2.96. The van der Waals surface area contributed by atoms with Crippen LogP contribution in [0.4, 0.5) is 0 Å². The van der Waals surface area contributed by atoms with Crippen LogP contribution in [0.1, 0.15) is 18.3 Å². The Morgan fingerprint density at radius 1 is 1.18 bits per heavy atom. The molecule has 0 aliphatic rings. The van der Waals surface area contributed by atoms with Crippen molar-refractivity contribution in [2.75, 3.05) is 27.2 Å². The van der Waals surface area contributed by atoms with Crippen molar-refractivity contribution >= 4 is 35.6 Å². The molecule has 0 saturated heterocycles. The Labute approximate surface area is 182 Å². The molecule has 0 radical (unpaired) electrons. The number of methoxy groups -OCH3 is 1. The van der Waals surface area contributed by atoms with Crippen LogP contribution in [0.25, 0.3) is 5.65 Å². The van der Waals surface area contributed by atoms with Crippen LogP contribution in [-0.2, 0) is 13.0 Å². The summed E-state index contributed by atoms with van der Waals surface area (Å²) in [6.45, 7) is 4.22. The molecule has 0 saturated carbocycles. The highest BCUT2D eigenvalue weighted by atomic mass is 127. The van der Waals surface area contributed by atoms with E-state index in [2.05, 4.69) is 33.4 Å². The summed E-state index contributed by atoms with van der Waals surface area (Å²) in [4.78, 5) is 6.86. The number of nitrogens with zero attached hydrogens (tertiary/aromatic N) is 5. The molecule has 0 aliphatic carbocycles. The quantitative estimate of drug-likeness (QED) is 0.311. The van der Waals surface area contributed by atoms with Gasteiger partial charge in [0, 0.05) is 44.9 Å². The summed E-state index contributed by atoms with van der Waals surface area (Å²) in [5.74, 6) is 2.66. The summed E-state index contributed by atoms with van der Waals surface area (Å²) in [5.41, 5.74) is 1.98. The molecule has 0 bridgehead atoms. The number of para-hydroxylation sites is 1. The van der Waals surface area contributed by atoms with Crippen molar-refractivity contribution in [1.29, 1.82) is 0 Å². The van der Waals surface area contributed by atoms with E-state index in [1.807, 2.05) is 54.0 Å². The van der Waals surface area contributed by atoms with Gasteiger partial charge in [0.05, 0.1) is 7.11 Å². The fraction of sp³-hybridized carbons (Fsp3) is 0.350. The molecular formula is C20H27IN6O. The van der Waals surface area contributed by atoms with Crippen molar-refractivity contribution in [2.45, 2.75) is 19.9 Å². The number of rotatable bonds is 7. The van der Waals surface area contributed by atoms with Gasteiger partial charge in [-0.25, -0.2) is 0 Å². The number of fused-ring (bicyclic) bond motifs is 1. The number of hydrogen-bond donors (Lipinski definition) is 1. The van der Waals surface area contributed by atoms with Crippen molar-refractivity contribution in [3.05, 3.63) is 60.0 Å². The Kier molecular flexibility index (Phi) is 8.49. The van der Waals surface area contributed by atoms with Gasteiger partial charge in [-0.1, -0.05) is 24.3 Å². The zero-order valence-electron chi connectivity index (χ0n) is 16.5. The number of nitrogens with one attached hydrogen (secondary N) is 1. The highest BCUT2D eigenvalue weighted by Gasteiger charge is 2.10. The number of benzene rings is 1. The summed E-state index contributed by atoms with van der Waals surface area (Å²) < 4.78 is 7.45. The average molecular weight is 494 g/mol. The molecule has 0 aliphatic heterocycles. The molecule has 2 aromatic heterocycles. The minimum atomic E-state index is 0. The second-order valence-corrected chi connectivity index (χ2v) is 6.20. The minimum absolute atomic E-state index is 0. The largest absolute Gasteiger partial charge is 0.496 e. The maximum absolute atomic E-state index is 5.45. The first-order chi connectivity index (χ1) is 13.2. The number of halogens is 1. The Morgan fingerprint density at radius 2 is 1.96 bits per heavy atom. The number of ether oxygens (including phenoxy) is 1. The summed E-state index contributed by atoms with van der Waals surface area (Å²) in [6, 6.07) is 13.9. The predicted octanol–water partition coefficient (Wildman–Crippen LogP) is 3.00. The van der Waals surface area contributed by atoms with Crippen LogP contribution in [0.15, 0.2) is 53.7 Å². The van der Waals surface area contributed by atoms with Gasteiger partial charge in [-0.3, -0.25) is 9.39 Å². The van der Waals surface area contributed by atoms with Gasteiger partial charge in [0.25, 0.3) is 0 Å². The molecule has 3 rings (SSSR count). The van der Waals surface area contributed by atoms with Crippen LogP contribution >= 0.6 is 24.0 Å². The van der Waals surface area contributed by atoms with E-state index >= 15 is 0 Å². The van der Waals surface area contributed by atoms with Crippen molar-refractivity contribution in [3.63, 3.8) is 0 Å². The van der Waals surface area contributed by atoms with Crippen LogP contribution in [0, 0.1) is 0 Å². The van der Waals surface area contributed by atoms with Crippen LogP contribution < -0.4 is 10.1 Å². The van der Waals surface area contributed by atoms with E-state index in [1.165, 1.54) is 0 Å². The summed E-state index contributed by atoms with van der Waals surface area (Å²) in [6.07, 6.45) is 2.70. The molecule has 7 nitrogen and oxygen atoms in total. The lowest BCUT2D eigenvalue weighted by Crippen LogP contribution is -2.38. The Morgan fingerprint density at radius 3 is 2.75 bits per heavy atom. The zero-order chi connectivity index (χ0) is 19.1. The molecule has 3 aromatic rings. The van der Waals surface area contributed by atoms with Crippen LogP contribution in [-0.4, -0.2) is 52.7 Å². The number of aromatic nitrogens is 3. The lowest BCUT2D eigenvalue weighted by atomic mass is 10.2. The third-order valence-electron chi connectivity index (χ3n) is 4.28. The maximum Gasteiger partial charge on any atom is 0.193 e. The van der Waals surface area contributed by atoms with Gasteiger partial charge in [0.2, 0.25) is 0 Å². The number of guanidine groups is 1. The first-order valence-corrected chi connectivity index (χ1v) is 9.13. The summed E-state index contributed by atoms with van der Waals surface area (Å²) >= 11 is 0. The molecule has 0 atom stereocenters. The first kappa shape index (κ1) is 21.9. The van der Waals surface area contributed by atoms with Crippen LogP contribution in [0.5, 0.6) is 5.75 Å². The molecule has 0 spiro atoms. The molecule has 2 heterocycles. The zero-order valence-corrected chi connectivity index (χ0v) is 18.8. The van der Waals surface area contributed by atoms with E-state index in [0.717, 1.165) is 41.7 Å². The van der Waals surface area contributed by atoms with Crippen LogP contribution in [0.2, 0.25) is 0 Å². The Bertz CT molecular complexity index is 910. The van der Waals surface area contributed by atoms with Crippen LogP contribution in [0.3, 0.4) is 0 Å². The van der Waals surface area contributed by atoms with E-state index in [9.17, 15) is 0 Å². The third-order valence-corrected chi connectivity index (χ3v) is 4.28. The molecule has 0 unspecified atom stereocenters. The monoisotopic (exact) mass is 494 g/mol. The second-order valence-electron chi connectivity index (χ2n) is 6.20. The molecule has 28 heavy (non-hydrogen) atoms. The Balaban J connectivity index is 0.00000280. The van der Waals surface area contributed by atoms with E-state index in [1.54, 1.807) is 7.11 Å². The van der Waals surface area contributed by atoms with Gasteiger partial charge >= 0.3 is 0 Å². The van der Waals surface area contributed by atoms with E-state index in [0.29, 0.717) is 13.1 Å². The first-order valence-electron chi connectivity index (χ1n) is 9.13. The fourth-order valence-electron chi connectivity index (χ4n) is 2.96. The van der Waals surface area contributed by atoms with Crippen molar-refractivity contribution in [1.82, 2.24) is 24.8 Å². The molecular weight excluding hydrogens is 467 g/mol. The molecule has 0 fully saturated rings. The SMILES string of the molecule is CCNC(=NCCc1nnc2ccccn12)N(C)Cc1ccccc1OC.I. The van der Waals surface area contributed by atoms with E-state index in [-0.39, 0.29) is 24.0 Å². The molecule has 0 amide bonds. The highest BCUT2D eigenvalue weighted by Crippen LogP contribution is 2.18. The lowest BCUT2D eigenvalue weighted by molar-refractivity contribution is 0.396. The smallest absolute Gasteiger partial charge is 0.193 e. The number of pyridine rings is 1. The molecule has 150 valence electrons. The number of hydrogen-bond acceptors (Lipinski definition) is 4. The maximum atomic E-state index is 5.45. The molecule has 8 heteroatoms. The lowest BCUT2D eigenvalue weighted by Gasteiger charge is -2.23. The molecule has 1 aromatic carbocycles. The minimum Gasteiger partial charge on any atom is -0.496 e. The summed E-state index contributed by atoms with van der Waals surface area (Å²) in [5, 5.41) is 11.8. The third kappa shape index (κ3) is 5.34. The van der Waals surface area contributed by atoms with Gasteiger partial charge in [-0.05, 0) is 25.1 Å². The van der Waals surface area contributed by atoms with E-state index in [4.69, 9.17) is 9.73 Å². The normalized spacial score (nSPS) is 11.2. The van der Waals surface area contributed by atoms with Gasteiger partial charge < -0.3 is 15.0 Å². The van der Waals surface area contributed by atoms with Gasteiger partial charge in [0.1, 0.15) is 11.6 Å². The topological polar surface area (TPSA) is 67.0 Å². The summed E-state index contributed by atoms with van der Waals surface area (Å²) in [7, 11) is 3.72.